The Hall–Kier alpha value is -1.98. The van der Waals surface area contributed by atoms with E-state index in [1.165, 1.54) is 16.9 Å². The van der Waals surface area contributed by atoms with Crippen molar-refractivity contribution in [2.24, 2.45) is 0 Å². The average molecular weight is 300 g/mol. The molecule has 0 spiro atoms. The Morgan fingerprint density at radius 1 is 1.29 bits per heavy atom. The summed E-state index contributed by atoms with van der Waals surface area (Å²) in [4.78, 5) is 18.2. The first kappa shape index (κ1) is 14.0. The smallest absolute Gasteiger partial charge is 0.261 e. The van der Waals surface area contributed by atoms with E-state index in [0.29, 0.717) is 17.8 Å². The van der Waals surface area contributed by atoms with Gasteiger partial charge in [0.1, 0.15) is 4.83 Å². The van der Waals surface area contributed by atoms with Gasteiger partial charge in [0.2, 0.25) is 0 Å². The van der Waals surface area contributed by atoms with Crippen LogP contribution in [0.4, 0.5) is 0 Å². The van der Waals surface area contributed by atoms with Crippen LogP contribution in [0.1, 0.15) is 21.7 Å². The van der Waals surface area contributed by atoms with E-state index in [-0.39, 0.29) is 12.5 Å². The van der Waals surface area contributed by atoms with Crippen molar-refractivity contribution < 1.29 is 9.90 Å². The Kier molecular flexibility index (Phi) is 3.86. The molecule has 3 aromatic rings. The van der Waals surface area contributed by atoms with Gasteiger partial charge in [0.25, 0.3) is 5.91 Å². The number of aryl methyl sites for hydroxylation is 1. The van der Waals surface area contributed by atoms with Crippen molar-refractivity contribution in [3.8, 4) is 0 Å². The normalized spacial score (nSPS) is 11.1. The van der Waals surface area contributed by atoms with E-state index >= 15 is 0 Å². The van der Waals surface area contributed by atoms with Gasteiger partial charge >= 0.3 is 0 Å². The van der Waals surface area contributed by atoms with Crippen LogP contribution in [0.15, 0.2) is 30.3 Å². The Bertz CT molecular complexity index is 810. The lowest BCUT2D eigenvalue weighted by Gasteiger charge is -2.00. The molecule has 0 radical (unpaired) electrons. The van der Waals surface area contributed by atoms with Crippen molar-refractivity contribution in [1.29, 1.82) is 0 Å². The molecule has 1 amide bonds. The predicted molar refractivity (Wildman–Crippen MR) is 85.9 cm³/mol. The zero-order valence-electron chi connectivity index (χ0n) is 11.7. The van der Waals surface area contributed by atoms with E-state index in [0.717, 1.165) is 21.1 Å². The number of aliphatic hydroxyl groups is 1. The van der Waals surface area contributed by atoms with E-state index in [1.807, 2.05) is 13.0 Å². The van der Waals surface area contributed by atoms with E-state index in [1.54, 1.807) is 0 Å². The highest BCUT2D eigenvalue weighted by molar-refractivity contribution is 7.20. The summed E-state index contributed by atoms with van der Waals surface area (Å²) >= 11 is 1.40. The number of rotatable bonds is 4. The summed E-state index contributed by atoms with van der Waals surface area (Å²) < 4.78 is 0. The molecular formula is C16H16N2O2S. The van der Waals surface area contributed by atoms with Gasteiger partial charge in [-0.1, -0.05) is 12.1 Å². The molecule has 0 fully saturated rings. The minimum absolute atomic E-state index is 0.0823. The van der Waals surface area contributed by atoms with Gasteiger partial charge in [0.05, 0.1) is 10.4 Å². The Morgan fingerprint density at radius 3 is 2.95 bits per heavy atom. The molecule has 0 aliphatic heterocycles. The van der Waals surface area contributed by atoms with Gasteiger partial charge in [-0.25, -0.2) is 4.98 Å². The molecule has 0 bridgehead atoms. The molecule has 0 saturated carbocycles. The predicted octanol–water partition coefficient (Wildman–Crippen LogP) is 2.87. The quantitative estimate of drug-likeness (QED) is 0.728. The van der Waals surface area contributed by atoms with Gasteiger partial charge < -0.3 is 10.4 Å². The highest BCUT2D eigenvalue weighted by Crippen LogP contribution is 2.27. The Balaban J connectivity index is 1.95. The van der Waals surface area contributed by atoms with Crippen LogP contribution < -0.4 is 5.32 Å². The Labute approximate surface area is 126 Å². The number of hydrogen-bond acceptors (Lipinski definition) is 4. The largest absolute Gasteiger partial charge is 0.396 e. The molecule has 4 nitrogen and oxygen atoms in total. The fraction of sp³-hybridized carbons (Fsp3) is 0.250. The highest BCUT2D eigenvalue weighted by atomic mass is 32.1. The second-order valence-corrected chi connectivity index (χ2v) is 6.05. The molecular weight excluding hydrogens is 284 g/mol. The van der Waals surface area contributed by atoms with Crippen molar-refractivity contribution in [1.82, 2.24) is 10.3 Å². The lowest BCUT2D eigenvalue weighted by molar-refractivity contribution is 0.0955. The molecule has 0 saturated heterocycles. The number of nitrogens with zero attached hydrogens (tertiary/aromatic N) is 1. The molecule has 2 heterocycles. The van der Waals surface area contributed by atoms with E-state index in [4.69, 9.17) is 5.11 Å². The number of thiophene rings is 1. The summed E-state index contributed by atoms with van der Waals surface area (Å²) in [5.74, 6) is -0.105. The van der Waals surface area contributed by atoms with Crippen LogP contribution in [0.25, 0.3) is 21.1 Å². The van der Waals surface area contributed by atoms with Crippen molar-refractivity contribution in [2.75, 3.05) is 13.2 Å². The number of carbonyl (C=O) groups is 1. The third-order valence-electron chi connectivity index (χ3n) is 3.30. The molecule has 21 heavy (non-hydrogen) atoms. The van der Waals surface area contributed by atoms with Gasteiger partial charge in [-0.15, -0.1) is 11.3 Å². The minimum Gasteiger partial charge on any atom is -0.396 e. The number of fused-ring (bicyclic) bond motifs is 2. The summed E-state index contributed by atoms with van der Waals surface area (Å²) in [5, 5.41) is 13.6. The first-order valence-corrected chi connectivity index (χ1v) is 7.69. The fourth-order valence-electron chi connectivity index (χ4n) is 2.22. The fourth-order valence-corrected chi connectivity index (χ4v) is 3.15. The average Bonchev–Trinajstić information content (AvgIpc) is 2.87. The van der Waals surface area contributed by atoms with Crippen LogP contribution in [0.2, 0.25) is 0 Å². The van der Waals surface area contributed by atoms with Crippen LogP contribution in [-0.4, -0.2) is 29.1 Å². The zero-order valence-corrected chi connectivity index (χ0v) is 12.5. The van der Waals surface area contributed by atoms with Crippen LogP contribution in [0.3, 0.4) is 0 Å². The summed E-state index contributed by atoms with van der Waals surface area (Å²) in [6.07, 6.45) is 0.568. The molecule has 5 heteroatoms. The molecule has 3 rings (SSSR count). The topological polar surface area (TPSA) is 62.2 Å². The van der Waals surface area contributed by atoms with Crippen molar-refractivity contribution >= 4 is 38.4 Å². The summed E-state index contributed by atoms with van der Waals surface area (Å²) in [5.41, 5.74) is 2.13. The number of benzene rings is 1. The number of aromatic nitrogens is 1. The number of amides is 1. The molecule has 0 unspecified atom stereocenters. The molecule has 2 aromatic heterocycles. The van der Waals surface area contributed by atoms with Gasteiger partial charge in [-0.2, -0.15) is 0 Å². The van der Waals surface area contributed by atoms with Crippen molar-refractivity contribution in [2.45, 2.75) is 13.3 Å². The molecule has 2 N–H and O–H groups in total. The summed E-state index contributed by atoms with van der Waals surface area (Å²) in [6.45, 7) is 2.61. The number of hydrogen-bond donors (Lipinski definition) is 2. The third-order valence-corrected chi connectivity index (χ3v) is 4.35. The van der Waals surface area contributed by atoms with Gasteiger partial charge in [0.15, 0.2) is 0 Å². The van der Waals surface area contributed by atoms with Gasteiger partial charge in [0, 0.05) is 23.9 Å². The highest BCUT2D eigenvalue weighted by Gasteiger charge is 2.11. The maximum absolute atomic E-state index is 12.0. The molecule has 108 valence electrons. The lowest BCUT2D eigenvalue weighted by atomic mass is 10.1. The zero-order chi connectivity index (χ0) is 14.8. The number of aliphatic hydroxyl groups excluding tert-OH is 1. The first-order valence-electron chi connectivity index (χ1n) is 6.87. The number of nitrogens with one attached hydrogen (secondary N) is 1. The molecule has 0 aliphatic carbocycles. The number of carbonyl (C=O) groups excluding carboxylic acids is 1. The summed E-state index contributed by atoms with van der Waals surface area (Å²) in [6, 6.07) is 10.1. The standard InChI is InChI=1S/C16H16N2O2S/c1-10-3-4-11-8-12-9-14(15(20)17-5-2-6-19)21-16(12)18-13(11)7-10/h3-4,7-9,19H,2,5-6H2,1H3,(H,17,20). The minimum atomic E-state index is -0.105. The maximum atomic E-state index is 12.0. The van der Waals surface area contributed by atoms with Crippen LogP contribution in [0.5, 0.6) is 0 Å². The monoisotopic (exact) mass is 300 g/mol. The van der Waals surface area contributed by atoms with Gasteiger partial charge in [-0.3, -0.25) is 4.79 Å². The molecule has 1 aromatic carbocycles. The first-order chi connectivity index (χ1) is 10.2. The Morgan fingerprint density at radius 2 is 2.14 bits per heavy atom. The second-order valence-electron chi connectivity index (χ2n) is 5.02. The van der Waals surface area contributed by atoms with E-state index in [9.17, 15) is 4.79 Å². The summed E-state index contributed by atoms with van der Waals surface area (Å²) in [7, 11) is 0. The molecule has 0 aliphatic rings. The van der Waals surface area contributed by atoms with Crippen LogP contribution in [0, 0.1) is 6.92 Å². The van der Waals surface area contributed by atoms with Crippen LogP contribution >= 0.6 is 11.3 Å². The number of pyridine rings is 1. The van der Waals surface area contributed by atoms with Crippen molar-refractivity contribution in [3.63, 3.8) is 0 Å². The van der Waals surface area contributed by atoms with E-state index < -0.39 is 0 Å². The van der Waals surface area contributed by atoms with Gasteiger partial charge in [-0.05, 0) is 37.1 Å². The van der Waals surface area contributed by atoms with E-state index in [2.05, 4.69) is 34.6 Å². The SMILES string of the molecule is Cc1ccc2cc3cc(C(=O)NCCCO)sc3nc2c1. The van der Waals surface area contributed by atoms with Crippen LogP contribution in [-0.2, 0) is 0 Å². The second kappa shape index (κ2) is 5.79. The van der Waals surface area contributed by atoms with Crippen molar-refractivity contribution in [3.05, 3.63) is 40.8 Å². The molecule has 0 atom stereocenters. The lowest BCUT2D eigenvalue weighted by Crippen LogP contribution is -2.24. The maximum Gasteiger partial charge on any atom is 0.261 e. The third kappa shape index (κ3) is 2.89.